The van der Waals surface area contributed by atoms with Crippen molar-refractivity contribution in [2.75, 3.05) is 39.2 Å². The quantitative estimate of drug-likeness (QED) is 0.623. The molecule has 8 heteroatoms. The van der Waals surface area contributed by atoms with Crippen LogP contribution in [0.2, 0.25) is 0 Å². The van der Waals surface area contributed by atoms with Crippen molar-refractivity contribution in [2.24, 2.45) is 0 Å². The molecule has 8 nitrogen and oxygen atoms in total. The summed E-state index contributed by atoms with van der Waals surface area (Å²) in [6.45, 7) is 2.01. The molecule has 30 heavy (non-hydrogen) atoms. The standard InChI is InChI=1S/C22H27N3O5/c1-4-12-25(22(28)16-6-5-7-19(13-16)30-3)15-21(27)23-14-20(26)24-17-8-10-18(29-2)11-9-17/h5-11,13H,4,12,14-15H2,1-3H3,(H,23,27)(H,24,26). The number of anilines is 1. The molecule has 0 unspecified atom stereocenters. The summed E-state index contributed by atoms with van der Waals surface area (Å²) >= 11 is 0. The highest BCUT2D eigenvalue weighted by Gasteiger charge is 2.19. The van der Waals surface area contributed by atoms with Crippen LogP contribution in [-0.4, -0.2) is 56.5 Å². The predicted molar refractivity (Wildman–Crippen MR) is 114 cm³/mol. The minimum Gasteiger partial charge on any atom is -0.497 e. The molecule has 2 aromatic carbocycles. The second kappa shape index (κ2) is 11.5. The van der Waals surface area contributed by atoms with E-state index in [1.54, 1.807) is 55.6 Å². The Balaban J connectivity index is 1.89. The molecule has 2 N–H and O–H groups in total. The van der Waals surface area contributed by atoms with Crippen molar-refractivity contribution in [1.29, 1.82) is 0 Å². The molecular weight excluding hydrogens is 386 g/mol. The van der Waals surface area contributed by atoms with E-state index in [2.05, 4.69) is 10.6 Å². The average Bonchev–Trinajstić information content (AvgIpc) is 2.77. The molecule has 2 rings (SSSR count). The molecule has 0 aromatic heterocycles. The summed E-state index contributed by atoms with van der Waals surface area (Å²) in [7, 11) is 3.09. The Bertz CT molecular complexity index is 867. The van der Waals surface area contributed by atoms with Gasteiger partial charge in [0.15, 0.2) is 0 Å². The van der Waals surface area contributed by atoms with E-state index in [1.807, 2.05) is 6.92 Å². The lowest BCUT2D eigenvalue weighted by molar-refractivity contribution is -0.124. The number of benzene rings is 2. The lowest BCUT2D eigenvalue weighted by atomic mass is 10.2. The number of hydrogen-bond donors (Lipinski definition) is 2. The van der Waals surface area contributed by atoms with Gasteiger partial charge >= 0.3 is 0 Å². The molecule has 0 aliphatic carbocycles. The van der Waals surface area contributed by atoms with E-state index in [0.29, 0.717) is 35.7 Å². The Morgan fingerprint density at radius 3 is 2.27 bits per heavy atom. The summed E-state index contributed by atoms with van der Waals surface area (Å²) in [6, 6.07) is 13.6. The molecule has 0 bridgehead atoms. The molecule has 3 amide bonds. The number of amides is 3. The summed E-state index contributed by atoms with van der Waals surface area (Å²) in [5.74, 6) is 0.197. The van der Waals surface area contributed by atoms with Crippen molar-refractivity contribution >= 4 is 23.4 Å². The summed E-state index contributed by atoms with van der Waals surface area (Å²) in [6.07, 6.45) is 0.695. The van der Waals surface area contributed by atoms with E-state index >= 15 is 0 Å². The van der Waals surface area contributed by atoms with Gasteiger partial charge in [0.2, 0.25) is 11.8 Å². The van der Waals surface area contributed by atoms with Crippen LogP contribution in [0.5, 0.6) is 11.5 Å². The topological polar surface area (TPSA) is 97.0 Å². The molecule has 0 spiro atoms. The molecule has 0 saturated carbocycles. The first-order valence-corrected chi connectivity index (χ1v) is 9.60. The maximum absolute atomic E-state index is 12.8. The maximum Gasteiger partial charge on any atom is 0.254 e. The Hall–Kier alpha value is -3.55. The van der Waals surface area contributed by atoms with Crippen LogP contribution < -0.4 is 20.1 Å². The fourth-order valence-corrected chi connectivity index (χ4v) is 2.75. The lowest BCUT2D eigenvalue weighted by Crippen LogP contribution is -2.43. The summed E-state index contributed by atoms with van der Waals surface area (Å²) in [5, 5.41) is 5.23. The van der Waals surface area contributed by atoms with Crippen LogP contribution in [-0.2, 0) is 9.59 Å². The lowest BCUT2D eigenvalue weighted by Gasteiger charge is -2.22. The molecule has 0 fully saturated rings. The van der Waals surface area contributed by atoms with Crippen LogP contribution in [0.1, 0.15) is 23.7 Å². The number of hydrogen-bond acceptors (Lipinski definition) is 5. The Morgan fingerprint density at radius 2 is 1.63 bits per heavy atom. The largest absolute Gasteiger partial charge is 0.497 e. The number of rotatable bonds is 10. The summed E-state index contributed by atoms with van der Waals surface area (Å²) in [5.41, 5.74) is 1.03. The van der Waals surface area contributed by atoms with E-state index in [9.17, 15) is 14.4 Å². The summed E-state index contributed by atoms with van der Waals surface area (Å²) < 4.78 is 10.2. The minimum absolute atomic E-state index is 0.139. The Kier molecular flexibility index (Phi) is 8.68. The molecule has 2 aromatic rings. The van der Waals surface area contributed by atoms with Crippen molar-refractivity contribution in [2.45, 2.75) is 13.3 Å². The third-order valence-electron chi connectivity index (χ3n) is 4.25. The first-order chi connectivity index (χ1) is 14.5. The van der Waals surface area contributed by atoms with E-state index < -0.39 is 5.91 Å². The normalized spacial score (nSPS) is 10.1. The first-order valence-electron chi connectivity index (χ1n) is 9.60. The van der Waals surface area contributed by atoms with Crippen LogP contribution in [0.3, 0.4) is 0 Å². The molecule has 160 valence electrons. The van der Waals surface area contributed by atoms with Gasteiger partial charge in [0.1, 0.15) is 11.5 Å². The van der Waals surface area contributed by atoms with E-state index in [1.165, 1.54) is 12.0 Å². The molecule has 0 atom stereocenters. The van der Waals surface area contributed by atoms with E-state index in [-0.39, 0.29) is 24.9 Å². The molecule has 0 aliphatic heterocycles. The molecule has 0 saturated heterocycles. The fourth-order valence-electron chi connectivity index (χ4n) is 2.75. The fraction of sp³-hybridized carbons (Fsp3) is 0.318. The van der Waals surface area contributed by atoms with Crippen LogP contribution in [0.15, 0.2) is 48.5 Å². The van der Waals surface area contributed by atoms with Crippen molar-refractivity contribution in [3.05, 3.63) is 54.1 Å². The van der Waals surface area contributed by atoms with Gasteiger partial charge in [-0.2, -0.15) is 0 Å². The molecule has 0 heterocycles. The highest BCUT2D eigenvalue weighted by molar-refractivity contribution is 5.98. The van der Waals surface area contributed by atoms with Crippen molar-refractivity contribution in [1.82, 2.24) is 10.2 Å². The second-order valence-corrected chi connectivity index (χ2v) is 6.51. The highest BCUT2D eigenvalue weighted by atomic mass is 16.5. The molecule has 0 radical (unpaired) electrons. The van der Waals surface area contributed by atoms with Crippen molar-refractivity contribution in [3.63, 3.8) is 0 Å². The van der Waals surface area contributed by atoms with E-state index in [0.717, 1.165) is 0 Å². The number of carbonyl (C=O) groups excluding carboxylic acids is 3. The van der Waals surface area contributed by atoms with Gasteiger partial charge < -0.3 is 25.0 Å². The third-order valence-corrected chi connectivity index (χ3v) is 4.25. The average molecular weight is 413 g/mol. The molecular formula is C22H27N3O5. The first kappa shape index (κ1) is 22.7. The number of nitrogens with one attached hydrogen (secondary N) is 2. The smallest absolute Gasteiger partial charge is 0.254 e. The van der Waals surface area contributed by atoms with Crippen molar-refractivity contribution < 1.29 is 23.9 Å². The van der Waals surface area contributed by atoms with Gasteiger partial charge in [-0.1, -0.05) is 13.0 Å². The second-order valence-electron chi connectivity index (χ2n) is 6.51. The zero-order valence-electron chi connectivity index (χ0n) is 17.4. The zero-order chi connectivity index (χ0) is 21.9. The Labute approximate surface area is 176 Å². The molecule has 0 aliphatic rings. The monoisotopic (exact) mass is 413 g/mol. The maximum atomic E-state index is 12.8. The number of carbonyl (C=O) groups is 3. The summed E-state index contributed by atoms with van der Waals surface area (Å²) in [4.78, 5) is 38.6. The highest BCUT2D eigenvalue weighted by Crippen LogP contribution is 2.15. The van der Waals surface area contributed by atoms with Crippen LogP contribution in [0.25, 0.3) is 0 Å². The van der Waals surface area contributed by atoms with Gasteiger partial charge in [0.05, 0.1) is 27.3 Å². The Morgan fingerprint density at radius 1 is 0.933 bits per heavy atom. The third kappa shape index (κ3) is 6.80. The van der Waals surface area contributed by atoms with Gasteiger partial charge in [-0.15, -0.1) is 0 Å². The van der Waals surface area contributed by atoms with E-state index in [4.69, 9.17) is 9.47 Å². The van der Waals surface area contributed by atoms with Gasteiger partial charge in [-0.05, 0) is 48.9 Å². The van der Waals surface area contributed by atoms with Crippen LogP contribution in [0.4, 0.5) is 5.69 Å². The van der Waals surface area contributed by atoms with Gasteiger partial charge in [0.25, 0.3) is 5.91 Å². The number of ether oxygens (including phenoxy) is 2. The van der Waals surface area contributed by atoms with Gasteiger partial charge in [-0.25, -0.2) is 0 Å². The van der Waals surface area contributed by atoms with Gasteiger partial charge in [0, 0.05) is 17.8 Å². The van der Waals surface area contributed by atoms with Crippen LogP contribution in [0, 0.1) is 0 Å². The SMILES string of the molecule is CCCN(CC(=O)NCC(=O)Nc1ccc(OC)cc1)C(=O)c1cccc(OC)c1. The predicted octanol–water partition coefficient (Wildman–Crippen LogP) is 2.31. The zero-order valence-corrected chi connectivity index (χ0v) is 17.4. The number of methoxy groups -OCH3 is 2. The van der Waals surface area contributed by atoms with Gasteiger partial charge in [-0.3, -0.25) is 14.4 Å². The van der Waals surface area contributed by atoms with Crippen LogP contribution >= 0.6 is 0 Å². The minimum atomic E-state index is -0.412. The van der Waals surface area contributed by atoms with Crippen molar-refractivity contribution in [3.8, 4) is 11.5 Å². The number of nitrogens with zero attached hydrogens (tertiary/aromatic N) is 1.